The van der Waals surface area contributed by atoms with E-state index in [1.54, 1.807) is 24.2 Å². The molecule has 78 valence electrons. The van der Waals surface area contributed by atoms with Crippen LogP contribution in [0.25, 0.3) is 0 Å². The van der Waals surface area contributed by atoms with Crippen LogP contribution in [0.5, 0.6) is 0 Å². The van der Waals surface area contributed by atoms with E-state index in [1.807, 2.05) is 6.07 Å². The highest BCUT2D eigenvalue weighted by Gasteiger charge is 1.95. The van der Waals surface area contributed by atoms with Crippen molar-refractivity contribution >= 4 is 11.8 Å². The molecule has 0 atom stereocenters. The molecule has 1 aromatic heterocycles. The zero-order valence-corrected chi connectivity index (χ0v) is 9.17. The van der Waals surface area contributed by atoms with E-state index in [0.29, 0.717) is 0 Å². The minimum atomic E-state index is 0.814. The molecule has 0 amide bonds. The van der Waals surface area contributed by atoms with Crippen molar-refractivity contribution in [1.29, 1.82) is 0 Å². The van der Waals surface area contributed by atoms with E-state index in [0.717, 1.165) is 23.9 Å². The maximum absolute atomic E-state index is 5.41. The third-order valence-electron chi connectivity index (χ3n) is 1.87. The van der Waals surface area contributed by atoms with Gasteiger partial charge >= 0.3 is 0 Å². The minimum absolute atomic E-state index is 0.814. The maximum Gasteiger partial charge on any atom is 0.187 e. The van der Waals surface area contributed by atoms with Gasteiger partial charge in [-0.2, -0.15) is 0 Å². The van der Waals surface area contributed by atoms with Crippen LogP contribution in [0.2, 0.25) is 0 Å². The SMILES string of the molecule is NCCCCCCSc1ncccn1. The predicted molar refractivity (Wildman–Crippen MR) is 60.3 cm³/mol. The maximum atomic E-state index is 5.41. The summed E-state index contributed by atoms with van der Waals surface area (Å²) in [7, 11) is 0. The highest BCUT2D eigenvalue weighted by Crippen LogP contribution is 2.13. The lowest BCUT2D eigenvalue weighted by molar-refractivity contribution is 0.677. The quantitative estimate of drug-likeness (QED) is 0.426. The Labute approximate surface area is 89.5 Å². The van der Waals surface area contributed by atoms with Crippen molar-refractivity contribution in [3.8, 4) is 0 Å². The summed E-state index contributed by atoms with van der Waals surface area (Å²) in [4.78, 5) is 8.29. The summed E-state index contributed by atoms with van der Waals surface area (Å²) in [6.07, 6.45) is 8.44. The van der Waals surface area contributed by atoms with Crippen LogP contribution in [0.1, 0.15) is 25.7 Å². The van der Waals surface area contributed by atoms with E-state index < -0.39 is 0 Å². The van der Waals surface area contributed by atoms with Gasteiger partial charge in [-0.05, 0) is 25.5 Å². The Hall–Kier alpha value is -0.610. The molecule has 2 N–H and O–H groups in total. The summed E-state index contributed by atoms with van der Waals surface area (Å²) in [6.45, 7) is 0.814. The Morgan fingerprint density at radius 3 is 2.50 bits per heavy atom. The fourth-order valence-electron chi connectivity index (χ4n) is 1.12. The zero-order valence-electron chi connectivity index (χ0n) is 8.35. The summed E-state index contributed by atoms with van der Waals surface area (Å²) < 4.78 is 0. The summed E-state index contributed by atoms with van der Waals surface area (Å²) >= 11 is 1.72. The Bertz CT molecular complexity index is 228. The molecule has 14 heavy (non-hydrogen) atoms. The number of thioether (sulfide) groups is 1. The third-order valence-corrected chi connectivity index (χ3v) is 2.83. The number of hydrogen-bond donors (Lipinski definition) is 1. The molecule has 0 saturated carbocycles. The normalized spacial score (nSPS) is 10.4. The van der Waals surface area contributed by atoms with Crippen molar-refractivity contribution in [2.45, 2.75) is 30.8 Å². The average molecular weight is 211 g/mol. The Morgan fingerprint density at radius 1 is 1.07 bits per heavy atom. The second-order valence-electron chi connectivity index (χ2n) is 3.08. The third kappa shape index (κ3) is 5.19. The van der Waals surface area contributed by atoms with Gasteiger partial charge in [-0.25, -0.2) is 9.97 Å². The van der Waals surface area contributed by atoms with Gasteiger partial charge < -0.3 is 5.73 Å². The molecule has 0 aliphatic rings. The largest absolute Gasteiger partial charge is 0.330 e. The van der Waals surface area contributed by atoms with Gasteiger partial charge in [0.25, 0.3) is 0 Å². The van der Waals surface area contributed by atoms with E-state index in [4.69, 9.17) is 5.73 Å². The van der Waals surface area contributed by atoms with E-state index in [9.17, 15) is 0 Å². The molecule has 0 saturated heterocycles. The van der Waals surface area contributed by atoms with E-state index in [2.05, 4.69) is 9.97 Å². The van der Waals surface area contributed by atoms with Gasteiger partial charge in [0.05, 0.1) is 0 Å². The molecule has 0 aromatic carbocycles. The summed E-state index contributed by atoms with van der Waals surface area (Å²) in [5, 5.41) is 0.881. The van der Waals surface area contributed by atoms with Crippen LogP contribution >= 0.6 is 11.8 Å². The van der Waals surface area contributed by atoms with E-state index >= 15 is 0 Å². The van der Waals surface area contributed by atoms with E-state index in [1.165, 1.54) is 19.3 Å². The number of aromatic nitrogens is 2. The molecular weight excluding hydrogens is 194 g/mol. The minimum Gasteiger partial charge on any atom is -0.330 e. The molecule has 3 nitrogen and oxygen atoms in total. The lowest BCUT2D eigenvalue weighted by Crippen LogP contribution is -1.97. The molecular formula is C10H17N3S. The molecule has 0 bridgehead atoms. The Kier molecular flexibility index (Phi) is 6.36. The van der Waals surface area contributed by atoms with Crippen molar-refractivity contribution < 1.29 is 0 Å². The van der Waals surface area contributed by atoms with Gasteiger partial charge in [0.1, 0.15) is 0 Å². The number of nitrogens with two attached hydrogens (primary N) is 1. The van der Waals surface area contributed by atoms with Crippen molar-refractivity contribution in [3.05, 3.63) is 18.5 Å². The molecule has 1 heterocycles. The van der Waals surface area contributed by atoms with Crippen molar-refractivity contribution in [3.63, 3.8) is 0 Å². The van der Waals surface area contributed by atoms with Crippen LogP contribution in [0.3, 0.4) is 0 Å². The fraction of sp³-hybridized carbons (Fsp3) is 0.600. The van der Waals surface area contributed by atoms with Crippen LogP contribution < -0.4 is 5.73 Å². The van der Waals surface area contributed by atoms with Crippen LogP contribution in [0, 0.1) is 0 Å². The lowest BCUT2D eigenvalue weighted by atomic mass is 10.2. The number of unbranched alkanes of at least 4 members (excludes halogenated alkanes) is 3. The summed E-state index contributed by atoms with van der Waals surface area (Å²) in [5.74, 6) is 1.11. The van der Waals surface area contributed by atoms with Crippen molar-refractivity contribution in [2.75, 3.05) is 12.3 Å². The first-order valence-electron chi connectivity index (χ1n) is 5.03. The van der Waals surface area contributed by atoms with Crippen molar-refractivity contribution in [2.24, 2.45) is 5.73 Å². The number of rotatable bonds is 7. The van der Waals surface area contributed by atoms with Gasteiger partial charge in [-0.3, -0.25) is 0 Å². The van der Waals surface area contributed by atoms with E-state index in [-0.39, 0.29) is 0 Å². The summed E-state index contributed by atoms with van der Waals surface area (Å²) in [6, 6.07) is 1.84. The van der Waals surface area contributed by atoms with Crippen LogP contribution in [-0.4, -0.2) is 22.3 Å². The number of nitrogens with zero attached hydrogens (tertiary/aromatic N) is 2. The Morgan fingerprint density at radius 2 is 1.79 bits per heavy atom. The van der Waals surface area contributed by atoms with Crippen LogP contribution in [-0.2, 0) is 0 Å². The van der Waals surface area contributed by atoms with Crippen molar-refractivity contribution in [1.82, 2.24) is 9.97 Å². The number of hydrogen-bond acceptors (Lipinski definition) is 4. The Balaban J connectivity index is 1.99. The topological polar surface area (TPSA) is 51.8 Å². The highest BCUT2D eigenvalue weighted by atomic mass is 32.2. The lowest BCUT2D eigenvalue weighted by Gasteiger charge is -1.99. The smallest absolute Gasteiger partial charge is 0.187 e. The summed E-state index contributed by atoms with van der Waals surface area (Å²) in [5.41, 5.74) is 5.41. The average Bonchev–Trinajstić information content (AvgIpc) is 2.25. The monoisotopic (exact) mass is 211 g/mol. The molecule has 1 rings (SSSR count). The molecule has 0 aliphatic heterocycles. The second kappa shape index (κ2) is 7.76. The zero-order chi connectivity index (χ0) is 10.1. The first kappa shape index (κ1) is 11.5. The standard InChI is InChI=1S/C10H17N3S/c11-6-3-1-2-4-9-14-10-12-7-5-8-13-10/h5,7-8H,1-4,6,9,11H2. The van der Waals surface area contributed by atoms with Gasteiger partial charge in [0, 0.05) is 18.1 Å². The predicted octanol–water partition coefficient (Wildman–Crippen LogP) is 2.09. The molecule has 0 radical (unpaired) electrons. The van der Waals surface area contributed by atoms with Gasteiger partial charge in [0.15, 0.2) is 5.16 Å². The molecule has 0 aliphatic carbocycles. The molecule has 1 aromatic rings. The molecule has 0 spiro atoms. The first-order valence-corrected chi connectivity index (χ1v) is 6.02. The second-order valence-corrected chi connectivity index (χ2v) is 4.14. The first-order chi connectivity index (χ1) is 6.93. The molecule has 0 unspecified atom stereocenters. The highest BCUT2D eigenvalue weighted by molar-refractivity contribution is 7.99. The molecule has 4 heteroatoms. The van der Waals surface area contributed by atoms with Gasteiger partial charge in [-0.1, -0.05) is 24.6 Å². The molecule has 0 fully saturated rings. The fourth-order valence-corrected chi connectivity index (χ4v) is 1.93. The van der Waals surface area contributed by atoms with Gasteiger partial charge in [-0.15, -0.1) is 0 Å². The van der Waals surface area contributed by atoms with Gasteiger partial charge in [0.2, 0.25) is 0 Å². The van der Waals surface area contributed by atoms with Crippen LogP contribution in [0.15, 0.2) is 23.6 Å². The van der Waals surface area contributed by atoms with Crippen LogP contribution in [0.4, 0.5) is 0 Å².